The third kappa shape index (κ3) is 4.20. The second-order valence-corrected chi connectivity index (χ2v) is 5.21. The number of carbonyl (C=O) groups is 1. The van der Waals surface area contributed by atoms with E-state index in [4.69, 9.17) is 0 Å². The van der Waals surface area contributed by atoms with Gasteiger partial charge in [-0.2, -0.15) is 0 Å². The van der Waals surface area contributed by atoms with Crippen molar-refractivity contribution in [2.45, 2.75) is 32.2 Å². The van der Waals surface area contributed by atoms with Gasteiger partial charge in [-0.1, -0.05) is 13.3 Å². The van der Waals surface area contributed by atoms with Crippen molar-refractivity contribution in [3.8, 4) is 0 Å². The molecule has 0 bridgehead atoms. The van der Waals surface area contributed by atoms with Gasteiger partial charge in [-0.05, 0) is 49.6 Å². The van der Waals surface area contributed by atoms with Gasteiger partial charge in [0.2, 0.25) is 0 Å². The molecule has 1 heterocycles. The number of amides is 2. The largest absolute Gasteiger partial charge is 0.336 e. The molecule has 3 N–H and O–H groups in total. The molecule has 2 unspecified atom stereocenters. The quantitative estimate of drug-likeness (QED) is 0.793. The van der Waals surface area contributed by atoms with Crippen molar-refractivity contribution in [3.05, 3.63) is 30.1 Å². The maximum absolute atomic E-state index is 12.8. The zero-order valence-corrected chi connectivity index (χ0v) is 11.8. The van der Waals surface area contributed by atoms with Crippen LogP contribution in [-0.2, 0) is 0 Å². The van der Waals surface area contributed by atoms with Gasteiger partial charge in [0.1, 0.15) is 5.82 Å². The normalized spacial score (nSPS) is 22.3. The number of halogens is 1. The van der Waals surface area contributed by atoms with E-state index in [-0.39, 0.29) is 11.8 Å². The summed E-state index contributed by atoms with van der Waals surface area (Å²) in [6, 6.07) is 5.83. The minimum atomic E-state index is -0.312. The average molecular weight is 279 g/mol. The van der Waals surface area contributed by atoms with Gasteiger partial charge in [0.15, 0.2) is 0 Å². The monoisotopic (exact) mass is 279 g/mol. The van der Waals surface area contributed by atoms with E-state index >= 15 is 0 Å². The maximum atomic E-state index is 12.8. The predicted octanol–water partition coefficient (Wildman–Crippen LogP) is 2.73. The number of rotatable bonds is 4. The molecule has 1 fully saturated rings. The van der Waals surface area contributed by atoms with Gasteiger partial charge in [-0.15, -0.1) is 0 Å². The minimum absolute atomic E-state index is 0.251. The van der Waals surface area contributed by atoms with E-state index in [0.717, 1.165) is 13.0 Å². The number of carbonyl (C=O) groups excluding carboxylic acids is 1. The van der Waals surface area contributed by atoms with E-state index in [1.807, 2.05) is 0 Å². The van der Waals surface area contributed by atoms with Crippen molar-refractivity contribution in [1.29, 1.82) is 0 Å². The SMILES string of the molecule is CCC1CCCNC1CNC(=O)Nc1ccc(F)cc1. The van der Waals surface area contributed by atoms with Gasteiger partial charge in [-0.25, -0.2) is 9.18 Å². The summed E-state index contributed by atoms with van der Waals surface area (Å²) in [4.78, 5) is 11.8. The highest BCUT2D eigenvalue weighted by molar-refractivity contribution is 5.89. The lowest BCUT2D eigenvalue weighted by molar-refractivity contribution is 0.239. The molecule has 0 aliphatic carbocycles. The van der Waals surface area contributed by atoms with E-state index in [2.05, 4.69) is 22.9 Å². The van der Waals surface area contributed by atoms with Crippen LogP contribution in [0.4, 0.5) is 14.9 Å². The molecule has 2 rings (SSSR count). The lowest BCUT2D eigenvalue weighted by Gasteiger charge is -2.32. The third-order valence-electron chi connectivity index (χ3n) is 3.84. The molecule has 5 heteroatoms. The standard InChI is InChI=1S/C15H22FN3O/c1-2-11-4-3-9-17-14(11)10-18-15(20)19-13-7-5-12(16)6-8-13/h5-8,11,14,17H,2-4,9-10H2,1H3,(H2,18,19,20). The van der Waals surface area contributed by atoms with Crippen LogP contribution in [0.3, 0.4) is 0 Å². The predicted molar refractivity (Wildman–Crippen MR) is 78.2 cm³/mol. The smallest absolute Gasteiger partial charge is 0.319 e. The molecule has 0 aromatic heterocycles. The Bertz CT molecular complexity index is 435. The fraction of sp³-hybridized carbons (Fsp3) is 0.533. The molecule has 4 nitrogen and oxygen atoms in total. The van der Waals surface area contributed by atoms with Crippen LogP contribution in [0.2, 0.25) is 0 Å². The number of nitrogens with one attached hydrogen (secondary N) is 3. The number of anilines is 1. The number of hydrogen-bond donors (Lipinski definition) is 3. The molecule has 20 heavy (non-hydrogen) atoms. The van der Waals surface area contributed by atoms with Gasteiger partial charge in [0, 0.05) is 18.3 Å². The van der Waals surface area contributed by atoms with E-state index in [1.165, 1.54) is 25.0 Å². The second-order valence-electron chi connectivity index (χ2n) is 5.21. The Hall–Kier alpha value is -1.62. The molecule has 1 aliphatic rings. The topological polar surface area (TPSA) is 53.2 Å². The maximum Gasteiger partial charge on any atom is 0.319 e. The molecule has 1 saturated heterocycles. The average Bonchev–Trinajstić information content (AvgIpc) is 2.48. The lowest BCUT2D eigenvalue weighted by atomic mass is 9.89. The zero-order valence-electron chi connectivity index (χ0n) is 11.8. The number of urea groups is 1. The Balaban J connectivity index is 1.78. The molecule has 0 radical (unpaired) electrons. The van der Waals surface area contributed by atoms with Crippen molar-refractivity contribution in [3.63, 3.8) is 0 Å². The molecule has 0 spiro atoms. The van der Waals surface area contributed by atoms with Crippen molar-refractivity contribution in [2.24, 2.45) is 5.92 Å². The zero-order chi connectivity index (χ0) is 14.4. The van der Waals surface area contributed by atoms with E-state index in [0.29, 0.717) is 24.2 Å². The molecular weight excluding hydrogens is 257 g/mol. The Morgan fingerprint density at radius 3 is 2.85 bits per heavy atom. The van der Waals surface area contributed by atoms with Crippen LogP contribution in [0.25, 0.3) is 0 Å². The van der Waals surface area contributed by atoms with Gasteiger partial charge in [-0.3, -0.25) is 0 Å². The van der Waals surface area contributed by atoms with Crippen LogP contribution in [0.1, 0.15) is 26.2 Å². The van der Waals surface area contributed by atoms with Crippen molar-refractivity contribution in [2.75, 3.05) is 18.4 Å². The first-order valence-corrected chi connectivity index (χ1v) is 7.23. The van der Waals surface area contributed by atoms with Crippen LogP contribution in [0.15, 0.2) is 24.3 Å². The van der Waals surface area contributed by atoms with Crippen LogP contribution in [0.5, 0.6) is 0 Å². The van der Waals surface area contributed by atoms with Crippen molar-refractivity contribution < 1.29 is 9.18 Å². The summed E-state index contributed by atoms with van der Waals surface area (Å²) in [5.74, 6) is 0.308. The first-order chi connectivity index (χ1) is 9.69. The summed E-state index contributed by atoms with van der Waals surface area (Å²) in [6.07, 6.45) is 3.55. The van der Waals surface area contributed by atoms with Gasteiger partial charge in [0.05, 0.1) is 0 Å². The molecular formula is C15H22FN3O. The minimum Gasteiger partial charge on any atom is -0.336 e. The first kappa shape index (κ1) is 14.8. The van der Waals surface area contributed by atoms with Crippen LogP contribution in [-0.4, -0.2) is 25.2 Å². The van der Waals surface area contributed by atoms with E-state index in [9.17, 15) is 9.18 Å². The van der Waals surface area contributed by atoms with Crippen molar-refractivity contribution in [1.82, 2.24) is 10.6 Å². The van der Waals surface area contributed by atoms with Crippen molar-refractivity contribution >= 4 is 11.7 Å². The summed E-state index contributed by atoms with van der Waals surface area (Å²) in [5.41, 5.74) is 0.590. The Labute approximate surface area is 119 Å². The summed E-state index contributed by atoms with van der Waals surface area (Å²) >= 11 is 0. The van der Waals surface area contributed by atoms with Gasteiger partial charge in [0.25, 0.3) is 0 Å². The number of hydrogen-bond acceptors (Lipinski definition) is 2. The molecule has 0 saturated carbocycles. The Kier molecular flexibility index (Phi) is 5.35. The third-order valence-corrected chi connectivity index (χ3v) is 3.84. The van der Waals surface area contributed by atoms with Gasteiger partial charge >= 0.3 is 6.03 Å². The summed E-state index contributed by atoms with van der Waals surface area (Å²) in [6.45, 7) is 3.82. The van der Waals surface area contributed by atoms with E-state index in [1.54, 1.807) is 12.1 Å². The highest BCUT2D eigenvalue weighted by Crippen LogP contribution is 2.19. The first-order valence-electron chi connectivity index (χ1n) is 7.23. The fourth-order valence-corrected chi connectivity index (χ4v) is 2.66. The summed E-state index contributed by atoms with van der Waals surface area (Å²) in [7, 11) is 0. The van der Waals surface area contributed by atoms with E-state index < -0.39 is 0 Å². The van der Waals surface area contributed by atoms with Crippen LogP contribution in [0, 0.1) is 11.7 Å². The highest BCUT2D eigenvalue weighted by Gasteiger charge is 2.23. The molecule has 1 aromatic carbocycles. The summed E-state index contributed by atoms with van der Waals surface area (Å²) in [5, 5.41) is 9.03. The number of piperidine rings is 1. The Morgan fingerprint density at radius 1 is 1.40 bits per heavy atom. The molecule has 1 aliphatic heterocycles. The second kappa shape index (κ2) is 7.24. The van der Waals surface area contributed by atoms with Crippen LogP contribution >= 0.6 is 0 Å². The molecule has 2 amide bonds. The molecule has 2 atom stereocenters. The van der Waals surface area contributed by atoms with Crippen LogP contribution < -0.4 is 16.0 Å². The lowest BCUT2D eigenvalue weighted by Crippen LogP contribution is -2.49. The summed E-state index contributed by atoms with van der Waals surface area (Å²) < 4.78 is 12.8. The highest BCUT2D eigenvalue weighted by atomic mass is 19.1. The fourth-order valence-electron chi connectivity index (χ4n) is 2.66. The number of benzene rings is 1. The van der Waals surface area contributed by atoms with Gasteiger partial charge < -0.3 is 16.0 Å². The molecule has 110 valence electrons. The Morgan fingerprint density at radius 2 is 2.15 bits per heavy atom. The molecule has 1 aromatic rings.